The molecule has 1 heterocycles. The predicted molar refractivity (Wildman–Crippen MR) is 108 cm³/mol. The van der Waals surface area contributed by atoms with E-state index in [0.29, 0.717) is 49.3 Å². The molecule has 148 valence electrons. The molecule has 0 aliphatic heterocycles. The molecule has 2 aromatic rings. The van der Waals surface area contributed by atoms with E-state index >= 15 is 0 Å². The van der Waals surface area contributed by atoms with E-state index in [9.17, 15) is 9.59 Å². The van der Waals surface area contributed by atoms with E-state index in [4.69, 9.17) is 9.72 Å². The Morgan fingerprint density at radius 2 is 1.96 bits per heavy atom. The van der Waals surface area contributed by atoms with E-state index in [-0.39, 0.29) is 17.5 Å². The minimum Gasteiger partial charge on any atom is -0.383 e. The summed E-state index contributed by atoms with van der Waals surface area (Å²) in [4.78, 5) is 32.6. The first-order valence-corrected chi connectivity index (χ1v) is 9.86. The topological polar surface area (TPSA) is 64.4 Å². The van der Waals surface area contributed by atoms with Crippen molar-refractivity contribution in [3.63, 3.8) is 0 Å². The van der Waals surface area contributed by atoms with Gasteiger partial charge in [-0.1, -0.05) is 32.9 Å². The number of carbonyl (C=O) groups is 1. The number of aromatic nitrogens is 2. The van der Waals surface area contributed by atoms with E-state index in [1.54, 1.807) is 17.7 Å². The maximum Gasteiger partial charge on any atom is 0.261 e. The van der Waals surface area contributed by atoms with E-state index in [1.165, 1.54) is 0 Å². The molecule has 1 aromatic heterocycles. The lowest BCUT2D eigenvalue weighted by Crippen LogP contribution is -2.39. The van der Waals surface area contributed by atoms with E-state index in [0.717, 1.165) is 12.8 Å². The molecule has 0 aliphatic carbocycles. The molecule has 6 nitrogen and oxygen atoms in total. The Morgan fingerprint density at radius 1 is 1.22 bits per heavy atom. The quantitative estimate of drug-likeness (QED) is 0.639. The number of rotatable bonds is 10. The Morgan fingerprint density at radius 3 is 2.59 bits per heavy atom. The molecule has 1 atom stereocenters. The average Bonchev–Trinajstić information content (AvgIpc) is 2.67. The number of hydrogen-bond donors (Lipinski definition) is 0. The predicted octanol–water partition coefficient (Wildman–Crippen LogP) is 3.53. The molecule has 27 heavy (non-hydrogen) atoms. The molecular weight excluding hydrogens is 342 g/mol. The van der Waals surface area contributed by atoms with Gasteiger partial charge in [-0.05, 0) is 31.4 Å². The van der Waals surface area contributed by atoms with Gasteiger partial charge in [0.15, 0.2) is 0 Å². The monoisotopic (exact) mass is 373 g/mol. The molecule has 1 unspecified atom stereocenters. The van der Waals surface area contributed by atoms with Crippen LogP contribution in [-0.4, -0.2) is 40.6 Å². The van der Waals surface area contributed by atoms with Crippen LogP contribution in [0.3, 0.4) is 0 Å². The van der Waals surface area contributed by atoms with Gasteiger partial charge in [-0.2, -0.15) is 0 Å². The minimum absolute atomic E-state index is 0.0783. The number of methoxy groups -OCH3 is 1. The standard InChI is InChI=1S/C21H31N3O3/c1-5-10-19(25)23(13-6-2)18(7-3)20-22-17-12-9-8-11-16(17)21(26)24(20)14-15-27-4/h8-9,11-12,18H,5-7,10,13-15H2,1-4H3. The maximum absolute atomic E-state index is 13.1. The highest BCUT2D eigenvalue weighted by Gasteiger charge is 2.27. The van der Waals surface area contributed by atoms with Crippen LogP contribution in [0.4, 0.5) is 0 Å². The molecule has 2 rings (SSSR count). The number of para-hydroxylation sites is 1. The van der Waals surface area contributed by atoms with Gasteiger partial charge in [-0.15, -0.1) is 0 Å². The Bertz CT molecular complexity index is 816. The average molecular weight is 373 g/mol. The molecule has 6 heteroatoms. The van der Waals surface area contributed by atoms with Crippen molar-refractivity contribution in [3.8, 4) is 0 Å². The fraction of sp³-hybridized carbons (Fsp3) is 0.571. The molecule has 0 N–H and O–H groups in total. The van der Waals surface area contributed by atoms with Crippen molar-refractivity contribution in [2.45, 2.75) is 59.0 Å². The zero-order valence-corrected chi connectivity index (χ0v) is 16.9. The van der Waals surface area contributed by atoms with Gasteiger partial charge in [-0.3, -0.25) is 14.2 Å². The minimum atomic E-state index is -0.224. The van der Waals surface area contributed by atoms with Crippen LogP contribution in [-0.2, 0) is 16.1 Å². The first kappa shape index (κ1) is 21.1. The molecule has 0 radical (unpaired) electrons. The second-order valence-corrected chi connectivity index (χ2v) is 6.70. The van der Waals surface area contributed by atoms with Gasteiger partial charge < -0.3 is 9.64 Å². The van der Waals surface area contributed by atoms with Crippen molar-refractivity contribution < 1.29 is 9.53 Å². The summed E-state index contributed by atoms with van der Waals surface area (Å²) in [6, 6.07) is 7.15. The maximum atomic E-state index is 13.1. The normalized spacial score (nSPS) is 12.3. The SMILES string of the molecule is CCCC(=O)N(CCC)C(CC)c1nc2ccccc2c(=O)n1CCOC. The molecule has 0 saturated heterocycles. The van der Waals surface area contributed by atoms with Crippen molar-refractivity contribution in [3.05, 3.63) is 40.4 Å². The van der Waals surface area contributed by atoms with Crippen LogP contribution >= 0.6 is 0 Å². The molecule has 1 amide bonds. The molecule has 0 saturated carbocycles. The molecule has 0 aliphatic rings. The van der Waals surface area contributed by atoms with Crippen LogP contribution in [0.1, 0.15) is 58.3 Å². The van der Waals surface area contributed by atoms with Gasteiger partial charge in [-0.25, -0.2) is 4.98 Å². The first-order valence-electron chi connectivity index (χ1n) is 9.86. The van der Waals surface area contributed by atoms with Crippen LogP contribution in [0, 0.1) is 0 Å². The van der Waals surface area contributed by atoms with Gasteiger partial charge in [0, 0.05) is 20.1 Å². The number of nitrogens with zero attached hydrogens (tertiary/aromatic N) is 3. The number of carbonyl (C=O) groups excluding carboxylic acids is 1. The third kappa shape index (κ3) is 4.75. The van der Waals surface area contributed by atoms with Gasteiger partial charge in [0.25, 0.3) is 5.56 Å². The molecule has 0 spiro atoms. The third-order valence-electron chi connectivity index (χ3n) is 4.72. The Kier molecular flexibility index (Phi) is 7.98. The Labute approximate surface area is 161 Å². The van der Waals surface area contributed by atoms with Crippen LogP contribution in [0.2, 0.25) is 0 Å². The number of hydrogen-bond acceptors (Lipinski definition) is 4. The Hall–Kier alpha value is -2.21. The Balaban J connectivity index is 2.63. The number of fused-ring (bicyclic) bond motifs is 1. The van der Waals surface area contributed by atoms with Crippen molar-refractivity contribution in [1.29, 1.82) is 0 Å². The van der Waals surface area contributed by atoms with Crippen LogP contribution in [0.15, 0.2) is 29.1 Å². The molecule has 0 bridgehead atoms. The van der Waals surface area contributed by atoms with Crippen LogP contribution in [0.5, 0.6) is 0 Å². The summed E-state index contributed by atoms with van der Waals surface area (Å²) < 4.78 is 6.89. The third-order valence-corrected chi connectivity index (χ3v) is 4.72. The van der Waals surface area contributed by atoms with Crippen molar-refractivity contribution in [1.82, 2.24) is 14.5 Å². The summed E-state index contributed by atoms with van der Waals surface area (Å²) in [5.41, 5.74) is 0.592. The first-order chi connectivity index (χ1) is 13.1. The number of benzene rings is 1. The van der Waals surface area contributed by atoms with Crippen molar-refractivity contribution in [2.75, 3.05) is 20.3 Å². The fourth-order valence-electron chi connectivity index (χ4n) is 3.43. The number of ether oxygens (including phenoxy) is 1. The molecule has 1 aromatic carbocycles. The zero-order chi connectivity index (χ0) is 19.8. The van der Waals surface area contributed by atoms with Crippen molar-refractivity contribution in [2.24, 2.45) is 0 Å². The summed E-state index contributed by atoms with van der Waals surface area (Å²) in [5.74, 6) is 0.767. The smallest absolute Gasteiger partial charge is 0.261 e. The highest BCUT2D eigenvalue weighted by molar-refractivity contribution is 5.78. The van der Waals surface area contributed by atoms with E-state index in [1.807, 2.05) is 36.9 Å². The zero-order valence-electron chi connectivity index (χ0n) is 16.9. The second-order valence-electron chi connectivity index (χ2n) is 6.70. The second kappa shape index (κ2) is 10.2. The molecule has 0 fully saturated rings. The van der Waals surface area contributed by atoms with Gasteiger partial charge >= 0.3 is 0 Å². The van der Waals surface area contributed by atoms with Gasteiger partial charge in [0.1, 0.15) is 5.82 Å². The largest absolute Gasteiger partial charge is 0.383 e. The summed E-state index contributed by atoms with van der Waals surface area (Å²) in [6.45, 7) is 7.59. The van der Waals surface area contributed by atoms with Crippen molar-refractivity contribution >= 4 is 16.8 Å². The highest BCUT2D eigenvalue weighted by Crippen LogP contribution is 2.25. The van der Waals surface area contributed by atoms with Crippen LogP contribution < -0.4 is 5.56 Å². The lowest BCUT2D eigenvalue weighted by atomic mass is 10.1. The number of amides is 1. The summed E-state index contributed by atoms with van der Waals surface area (Å²) in [6.07, 6.45) is 2.87. The summed E-state index contributed by atoms with van der Waals surface area (Å²) >= 11 is 0. The molecular formula is C21H31N3O3. The van der Waals surface area contributed by atoms with Gasteiger partial charge in [0.05, 0.1) is 30.1 Å². The lowest BCUT2D eigenvalue weighted by Gasteiger charge is -2.32. The lowest BCUT2D eigenvalue weighted by molar-refractivity contribution is -0.134. The van der Waals surface area contributed by atoms with Gasteiger partial charge in [0.2, 0.25) is 5.91 Å². The van der Waals surface area contributed by atoms with E-state index < -0.39 is 0 Å². The van der Waals surface area contributed by atoms with E-state index in [2.05, 4.69) is 6.92 Å². The highest BCUT2D eigenvalue weighted by atomic mass is 16.5. The van der Waals surface area contributed by atoms with Crippen LogP contribution in [0.25, 0.3) is 10.9 Å². The summed E-state index contributed by atoms with van der Waals surface area (Å²) in [7, 11) is 1.62. The summed E-state index contributed by atoms with van der Waals surface area (Å²) in [5, 5.41) is 0.592. The fourth-order valence-corrected chi connectivity index (χ4v) is 3.43.